The first-order valence-corrected chi connectivity index (χ1v) is 4.80. The van der Waals surface area contributed by atoms with Crippen LogP contribution in [0.25, 0.3) is 0 Å². The van der Waals surface area contributed by atoms with Crippen molar-refractivity contribution in [1.29, 1.82) is 0 Å². The molecule has 1 aromatic heterocycles. The van der Waals surface area contributed by atoms with Gasteiger partial charge in [-0.15, -0.1) is 0 Å². The molecular formula is C9H13F2N3. The van der Waals surface area contributed by atoms with Crippen molar-refractivity contribution in [2.45, 2.75) is 25.3 Å². The predicted octanol–water partition coefficient (Wildman–Crippen LogP) is 1.75. The molecular weight excluding hydrogens is 188 g/mol. The third kappa shape index (κ3) is 1.92. The van der Waals surface area contributed by atoms with Crippen molar-refractivity contribution in [1.82, 2.24) is 15.1 Å². The quantitative estimate of drug-likeness (QED) is 0.790. The summed E-state index contributed by atoms with van der Waals surface area (Å²) in [5.41, 5.74) is 0.0172. The molecule has 1 saturated heterocycles. The Morgan fingerprint density at radius 1 is 1.43 bits per heavy atom. The zero-order valence-corrected chi connectivity index (χ0v) is 7.79. The Labute approximate surface area is 81.1 Å². The van der Waals surface area contributed by atoms with Crippen LogP contribution >= 0.6 is 0 Å². The van der Waals surface area contributed by atoms with Crippen molar-refractivity contribution >= 4 is 0 Å². The second kappa shape index (κ2) is 4.04. The Bertz CT molecular complexity index is 292. The van der Waals surface area contributed by atoms with E-state index in [1.807, 2.05) is 0 Å². The summed E-state index contributed by atoms with van der Waals surface area (Å²) in [4.78, 5) is 0. The standard InChI is InChI=1S/C9H13F2N3/c10-9(11)7-5-13-14(6-7)8-1-3-12-4-2-8/h5-6,8-9,12H,1-4H2. The Kier molecular flexibility index (Phi) is 2.77. The fraction of sp³-hybridized carbons (Fsp3) is 0.667. The van der Waals surface area contributed by atoms with Crippen molar-refractivity contribution in [3.63, 3.8) is 0 Å². The van der Waals surface area contributed by atoms with E-state index in [1.54, 1.807) is 4.68 Å². The fourth-order valence-corrected chi connectivity index (χ4v) is 1.74. The van der Waals surface area contributed by atoms with Gasteiger partial charge in [0.25, 0.3) is 6.43 Å². The summed E-state index contributed by atoms with van der Waals surface area (Å²) in [6.45, 7) is 1.88. The van der Waals surface area contributed by atoms with Gasteiger partial charge in [0.2, 0.25) is 0 Å². The number of hydrogen-bond acceptors (Lipinski definition) is 2. The maximum atomic E-state index is 12.3. The van der Waals surface area contributed by atoms with Gasteiger partial charge in [-0.1, -0.05) is 0 Å². The van der Waals surface area contributed by atoms with Crippen LogP contribution in [0.5, 0.6) is 0 Å². The van der Waals surface area contributed by atoms with Gasteiger partial charge in [0.15, 0.2) is 0 Å². The summed E-state index contributed by atoms with van der Waals surface area (Å²) in [6, 6.07) is 0.281. The lowest BCUT2D eigenvalue weighted by atomic mass is 10.1. The predicted molar refractivity (Wildman–Crippen MR) is 48.3 cm³/mol. The van der Waals surface area contributed by atoms with Crippen LogP contribution in [-0.4, -0.2) is 22.9 Å². The molecule has 1 aliphatic heterocycles. The Balaban J connectivity index is 2.07. The molecule has 1 aromatic rings. The number of hydrogen-bond donors (Lipinski definition) is 1. The number of alkyl halides is 2. The molecule has 1 fully saturated rings. The Morgan fingerprint density at radius 2 is 2.14 bits per heavy atom. The topological polar surface area (TPSA) is 29.9 Å². The molecule has 0 atom stereocenters. The van der Waals surface area contributed by atoms with Crippen molar-refractivity contribution in [2.75, 3.05) is 13.1 Å². The number of rotatable bonds is 2. The first-order valence-electron chi connectivity index (χ1n) is 4.80. The van der Waals surface area contributed by atoms with Gasteiger partial charge in [-0.3, -0.25) is 4.68 Å². The average molecular weight is 201 g/mol. The lowest BCUT2D eigenvalue weighted by Crippen LogP contribution is -2.29. The second-order valence-corrected chi connectivity index (χ2v) is 3.54. The summed E-state index contributed by atoms with van der Waals surface area (Å²) >= 11 is 0. The highest BCUT2D eigenvalue weighted by Crippen LogP contribution is 2.22. The van der Waals surface area contributed by atoms with Crippen LogP contribution in [0.15, 0.2) is 12.4 Å². The van der Waals surface area contributed by atoms with Gasteiger partial charge in [-0.25, -0.2) is 8.78 Å². The third-order valence-corrected chi connectivity index (χ3v) is 2.56. The van der Waals surface area contributed by atoms with E-state index < -0.39 is 6.43 Å². The van der Waals surface area contributed by atoms with Crippen molar-refractivity contribution < 1.29 is 8.78 Å². The van der Waals surface area contributed by atoms with Crippen LogP contribution in [0.4, 0.5) is 8.78 Å². The van der Waals surface area contributed by atoms with E-state index in [-0.39, 0.29) is 11.6 Å². The second-order valence-electron chi connectivity index (χ2n) is 3.54. The first-order chi connectivity index (χ1) is 6.77. The smallest absolute Gasteiger partial charge is 0.266 e. The van der Waals surface area contributed by atoms with Gasteiger partial charge in [0.05, 0.1) is 17.8 Å². The molecule has 5 heteroatoms. The van der Waals surface area contributed by atoms with Crippen LogP contribution in [0.1, 0.15) is 30.9 Å². The van der Waals surface area contributed by atoms with Crippen molar-refractivity contribution in [3.05, 3.63) is 18.0 Å². The SMILES string of the molecule is FC(F)c1cnn(C2CCNCC2)c1. The monoisotopic (exact) mass is 201 g/mol. The Morgan fingerprint density at radius 3 is 2.71 bits per heavy atom. The Hall–Kier alpha value is -0.970. The molecule has 0 unspecified atom stereocenters. The van der Waals surface area contributed by atoms with E-state index in [0.717, 1.165) is 25.9 Å². The van der Waals surface area contributed by atoms with Crippen LogP contribution < -0.4 is 5.32 Å². The molecule has 0 amide bonds. The minimum Gasteiger partial charge on any atom is -0.317 e. The largest absolute Gasteiger partial charge is 0.317 e. The molecule has 0 radical (unpaired) electrons. The van der Waals surface area contributed by atoms with Gasteiger partial charge in [0.1, 0.15) is 0 Å². The summed E-state index contributed by atoms with van der Waals surface area (Å²) in [5, 5.41) is 7.19. The highest BCUT2D eigenvalue weighted by Gasteiger charge is 2.17. The summed E-state index contributed by atoms with van der Waals surface area (Å²) in [6.07, 6.45) is 2.23. The van der Waals surface area contributed by atoms with E-state index in [2.05, 4.69) is 10.4 Å². The molecule has 3 nitrogen and oxygen atoms in total. The maximum absolute atomic E-state index is 12.3. The third-order valence-electron chi connectivity index (χ3n) is 2.56. The molecule has 2 rings (SSSR count). The fourth-order valence-electron chi connectivity index (χ4n) is 1.74. The summed E-state index contributed by atoms with van der Waals surface area (Å²) in [5.74, 6) is 0. The average Bonchev–Trinajstić information content (AvgIpc) is 2.68. The molecule has 0 aromatic carbocycles. The summed E-state index contributed by atoms with van der Waals surface area (Å²) in [7, 11) is 0. The first kappa shape index (κ1) is 9.58. The molecule has 78 valence electrons. The van der Waals surface area contributed by atoms with E-state index in [0.29, 0.717) is 0 Å². The van der Waals surface area contributed by atoms with Gasteiger partial charge in [0, 0.05) is 6.20 Å². The van der Waals surface area contributed by atoms with Gasteiger partial charge < -0.3 is 5.32 Å². The number of piperidine rings is 1. The molecule has 1 aliphatic rings. The molecule has 2 heterocycles. The van der Waals surface area contributed by atoms with Gasteiger partial charge in [-0.05, 0) is 25.9 Å². The molecule has 1 N–H and O–H groups in total. The minimum absolute atomic E-state index is 0.0172. The lowest BCUT2D eigenvalue weighted by Gasteiger charge is -2.22. The van der Waals surface area contributed by atoms with Crippen LogP contribution in [0, 0.1) is 0 Å². The van der Waals surface area contributed by atoms with Crippen molar-refractivity contribution in [3.8, 4) is 0 Å². The van der Waals surface area contributed by atoms with Crippen LogP contribution in [-0.2, 0) is 0 Å². The summed E-state index contributed by atoms with van der Waals surface area (Å²) < 4.78 is 26.2. The van der Waals surface area contributed by atoms with E-state index >= 15 is 0 Å². The maximum Gasteiger partial charge on any atom is 0.266 e. The highest BCUT2D eigenvalue weighted by atomic mass is 19.3. The van der Waals surface area contributed by atoms with E-state index in [1.165, 1.54) is 12.4 Å². The van der Waals surface area contributed by atoms with Crippen LogP contribution in [0.2, 0.25) is 0 Å². The lowest BCUT2D eigenvalue weighted by molar-refractivity contribution is 0.151. The normalized spacial score (nSPS) is 19.1. The molecule has 0 spiro atoms. The molecule has 0 aliphatic carbocycles. The van der Waals surface area contributed by atoms with E-state index in [4.69, 9.17) is 0 Å². The van der Waals surface area contributed by atoms with Crippen LogP contribution in [0.3, 0.4) is 0 Å². The van der Waals surface area contributed by atoms with Gasteiger partial charge in [-0.2, -0.15) is 5.10 Å². The minimum atomic E-state index is -2.41. The number of aromatic nitrogens is 2. The molecule has 0 saturated carbocycles. The van der Waals surface area contributed by atoms with E-state index in [9.17, 15) is 8.78 Å². The highest BCUT2D eigenvalue weighted by molar-refractivity contribution is 5.05. The molecule has 0 bridgehead atoms. The zero-order chi connectivity index (χ0) is 9.97. The number of halogens is 2. The van der Waals surface area contributed by atoms with Crippen molar-refractivity contribution in [2.24, 2.45) is 0 Å². The number of nitrogens with zero attached hydrogens (tertiary/aromatic N) is 2. The zero-order valence-electron chi connectivity index (χ0n) is 7.79. The molecule has 14 heavy (non-hydrogen) atoms. The number of nitrogens with one attached hydrogen (secondary N) is 1. The van der Waals surface area contributed by atoms with Gasteiger partial charge >= 0.3 is 0 Å².